The summed E-state index contributed by atoms with van der Waals surface area (Å²) < 4.78 is 2.67. The van der Waals surface area contributed by atoms with E-state index < -0.39 is 0 Å². The van der Waals surface area contributed by atoms with E-state index in [1.807, 2.05) is 11.3 Å². The Balaban J connectivity index is 1.18. The Kier molecular flexibility index (Phi) is 9.66. The van der Waals surface area contributed by atoms with E-state index in [1.54, 1.807) is 0 Å². The molecule has 1 radical (unpaired) electrons. The quantitative estimate of drug-likeness (QED) is 0.177. The number of nitrogens with one attached hydrogen (secondary N) is 1. The topological polar surface area (TPSA) is 15.3 Å². The first-order chi connectivity index (χ1) is 32.5. The lowest BCUT2D eigenvalue weighted by Gasteiger charge is -2.44. The maximum absolute atomic E-state index is 4.20. The highest BCUT2D eigenvalue weighted by molar-refractivity contribution is 7.26. The van der Waals surface area contributed by atoms with Crippen molar-refractivity contribution in [1.82, 2.24) is 0 Å². The van der Waals surface area contributed by atoms with Gasteiger partial charge in [0, 0.05) is 48.8 Å². The fourth-order valence-corrected chi connectivity index (χ4v) is 14.5. The molecule has 0 spiro atoms. The molecule has 8 aromatic rings. The molecule has 12 rings (SSSR count). The van der Waals surface area contributed by atoms with Gasteiger partial charge in [-0.25, -0.2) is 0 Å². The molecular weight excluding hydrogens is 852 g/mol. The lowest BCUT2D eigenvalue weighted by atomic mass is 9.56. The first-order valence-corrected chi connectivity index (χ1v) is 26.8. The summed E-state index contributed by atoms with van der Waals surface area (Å²) in [7, 11) is 2.59. The van der Waals surface area contributed by atoms with E-state index in [0.29, 0.717) is 0 Å². The Bertz CT molecular complexity index is 3480. The summed E-state index contributed by atoms with van der Waals surface area (Å²) in [5.74, 6) is 0. The molecule has 2 nitrogen and oxygen atoms in total. The molecule has 1 aromatic heterocycles. The molecule has 0 saturated heterocycles. The largest absolute Gasteiger partial charge is 0.355 e. The number of benzene rings is 7. The van der Waals surface area contributed by atoms with Gasteiger partial charge in [0.2, 0.25) is 0 Å². The van der Waals surface area contributed by atoms with Crippen LogP contribution in [0.25, 0.3) is 42.1 Å². The molecule has 0 fully saturated rings. The van der Waals surface area contributed by atoms with Crippen LogP contribution in [0.4, 0.5) is 28.4 Å². The van der Waals surface area contributed by atoms with Crippen LogP contribution in [0.3, 0.4) is 0 Å². The van der Waals surface area contributed by atoms with Gasteiger partial charge in [-0.05, 0) is 204 Å². The van der Waals surface area contributed by atoms with Gasteiger partial charge in [0.15, 0.2) is 7.28 Å². The number of hydrogen-bond acceptors (Lipinski definition) is 3. The summed E-state index contributed by atoms with van der Waals surface area (Å²) in [5, 5.41) is 9.42. The molecule has 0 saturated carbocycles. The number of nitrogens with zero attached hydrogens (tertiary/aromatic N) is 1. The van der Waals surface area contributed by atoms with E-state index in [4.69, 9.17) is 0 Å². The zero-order chi connectivity index (χ0) is 48.4. The highest BCUT2D eigenvalue weighted by Crippen LogP contribution is 2.54. The number of rotatable bonds is 4. The highest BCUT2D eigenvalue weighted by atomic mass is 32.1. The van der Waals surface area contributed by atoms with Crippen LogP contribution in [0, 0.1) is 6.92 Å². The fraction of sp³-hybridized carbons (Fsp3) is 0.385. The molecule has 3 aliphatic carbocycles. The van der Waals surface area contributed by atoms with Gasteiger partial charge in [0.05, 0.1) is 0 Å². The first-order valence-electron chi connectivity index (χ1n) is 26.0. The summed E-state index contributed by atoms with van der Waals surface area (Å²) >= 11 is 1.92. The van der Waals surface area contributed by atoms with Gasteiger partial charge in [-0.3, -0.25) is 0 Å². The summed E-state index contributed by atoms with van der Waals surface area (Å²) in [6.07, 6.45) is 7.08. The van der Waals surface area contributed by atoms with Crippen LogP contribution in [0.5, 0.6) is 0 Å². The van der Waals surface area contributed by atoms with E-state index in [9.17, 15) is 0 Å². The Morgan fingerprint density at radius 1 is 0.464 bits per heavy atom. The van der Waals surface area contributed by atoms with Crippen LogP contribution in [-0.2, 0) is 32.5 Å². The lowest BCUT2D eigenvalue weighted by molar-refractivity contribution is 0.332. The average Bonchev–Trinajstić information content (AvgIpc) is 3.69. The van der Waals surface area contributed by atoms with Crippen LogP contribution in [0.15, 0.2) is 109 Å². The predicted molar refractivity (Wildman–Crippen MR) is 302 cm³/mol. The predicted octanol–water partition coefficient (Wildman–Crippen LogP) is 17.4. The van der Waals surface area contributed by atoms with E-state index in [-0.39, 0.29) is 32.5 Å². The average molecular weight is 922 g/mol. The smallest absolute Gasteiger partial charge is 0.198 e. The Morgan fingerprint density at radius 2 is 1.01 bits per heavy atom. The first kappa shape index (κ1) is 44.9. The van der Waals surface area contributed by atoms with Crippen LogP contribution in [0.1, 0.15) is 161 Å². The molecule has 1 aliphatic heterocycles. The number of aryl methyl sites for hydroxylation is 1. The van der Waals surface area contributed by atoms with Gasteiger partial charge in [-0.15, -0.1) is 11.3 Å². The number of fused-ring (bicyclic) bond motifs is 11. The van der Waals surface area contributed by atoms with E-state index in [0.717, 1.165) is 12.8 Å². The van der Waals surface area contributed by atoms with Gasteiger partial charge in [-0.2, -0.15) is 0 Å². The summed E-state index contributed by atoms with van der Waals surface area (Å²) in [6, 6.07) is 43.2. The van der Waals surface area contributed by atoms with Crippen molar-refractivity contribution >= 4 is 88.9 Å². The summed E-state index contributed by atoms with van der Waals surface area (Å²) in [6.45, 7) is 31.9. The van der Waals surface area contributed by atoms with E-state index in [2.05, 4.69) is 217 Å². The Morgan fingerprint density at radius 3 is 1.68 bits per heavy atom. The van der Waals surface area contributed by atoms with Crippen molar-refractivity contribution in [2.24, 2.45) is 0 Å². The SMILES string of the molecule is Cc1cc2c(cc1N1c3ccc4sc5ccccc5c4c3[B]c3c(-c4cc5c(cc4Nc4ccc6c(c4)C(C)(C)CCC6(C)C)C(C)(C)CCC5(C)C)cc4ccccc4c31)C(C)(C)CCC2(C)C. The normalized spacial score (nSPS) is 19.8. The van der Waals surface area contributed by atoms with Gasteiger partial charge in [0.25, 0.3) is 0 Å². The maximum Gasteiger partial charge on any atom is 0.198 e. The zero-order valence-electron chi connectivity index (χ0n) is 43.6. The van der Waals surface area contributed by atoms with Gasteiger partial charge in [0.1, 0.15) is 0 Å². The molecule has 7 aromatic carbocycles. The molecule has 1 N–H and O–H groups in total. The highest BCUT2D eigenvalue weighted by Gasteiger charge is 2.42. The standard InChI is InChI=1S/C65H70BN2S/c1-38-32-46-50(65(12,13)31-28-61(46,4)5)37-53(38)68-52-24-25-55-56(42-20-16-17-21-54(42)69-55)58(52)66-57-44(33-39-18-14-15-19-41(39)59(57)68)43-35-48-49(64(10,11)30-29-63(48,8)9)36-51(43)67-40-22-23-45-47(34-40)62(6,7)27-26-60(45,2)3/h14-25,32-37,67H,26-31H2,1-13H3. The van der Waals surface area contributed by atoms with Gasteiger partial charge >= 0.3 is 0 Å². The molecule has 0 atom stereocenters. The van der Waals surface area contributed by atoms with Crippen LogP contribution < -0.4 is 21.1 Å². The van der Waals surface area contributed by atoms with Crippen LogP contribution >= 0.6 is 11.3 Å². The molecule has 0 unspecified atom stereocenters. The van der Waals surface area contributed by atoms with E-state index in [1.165, 1.54) is 146 Å². The van der Waals surface area contributed by atoms with Crippen molar-refractivity contribution in [2.75, 3.05) is 10.2 Å². The molecule has 4 heteroatoms. The third-order valence-corrected chi connectivity index (χ3v) is 19.3. The number of anilines is 5. The van der Waals surface area contributed by atoms with Crippen molar-refractivity contribution in [1.29, 1.82) is 0 Å². The second kappa shape index (κ2) is 14.9. The monoisotopic (exact) mass is 922 g/mol. The third-order valence-electron chi connectivity index (χ3n) is 18.2. The fourth-order valence-electron chi connectivity index (χ4n) is 13.4. The molecule has 69 heavy (non-hydrogen) atoms. The van der Waals surface area contributed by atoms with Crippen molar-refractivity contribution in [3.05, 3.63) is 148 Å². The molecular formula is C65H70BN2S. The van der Waals surface area contributed by atoms with Crippen molar-refractivity contribution in [3.8, 4) is 11.1 Å². The number of thiophene rings is 1. The molecule has 349 valence electrons. The second-order valence-corrected chi connectivity index (χ2v) is 26.8. The molecule has 0 bridgehead atoms. The second-order valence-electron chi connectivity index (χ2n) is 25.7. The third kappa shape index (κ3) is 6.84. The van der Waals surface area contributed by atoms with E-state index >= 15 is 0 Å². The minimum absolute atomic E-state index is 0.0292. The molecule has 4 aliphatic rings. The van der Waals surface area contributed by atoms with Gasteiger partial charge < -0.3 is 10.2 Å². The summed E-state index contributed by atoms with van der Waals surface area (Å²) in [4.78, 5) is 2.70. The molecule has 0 amide bonds. The van der Waals surface area contributed by atoms with Gasteiger partial charge in [-0.1, -0.05) is 138 Å². The van der Waals surface area contributed by atoms with Crippen LogP contribution in [0.2, 0.25) is 0 Å². The number of hydrogen-bond donors (Lipinski definition) is 1. The maximum atomic E-state index is 4.20. The van der Waals surface area contributed by atoms with Crippen molar-refractivity contribution in [3.63, 3.8) is 0 Å². The summed E-state index contributed by atoms with van der Waals surface area (Å²) in [5.41, 5.74) is 22.0. The molecule has 2 heterocycles. The minimum Gasteiger partial charge on any atom is -0.355 e. The minimum atomic E-state index is 0.0292. The Hall–Kier alpha value is -5.32. The van der Waals surface area contributed by atoms with Crippen molar-refractivity contribution < 1.29 is 0 Å². The Labute approximate surface area is 417 Å². The lowest BCUT2D eigenvalue weighted by Crippen LogP contribution is -2.42. The zero-order valence-corrected chi connectivity index (χ0v) is 44.4. The van der Waals surface area contributed by atoms with Crippen molar-refractivity contribution in [2.45, 2.75) is 161 Å². The van der Waals surface area contributed by atoms with Crippen LogP contribution in [-0.4, -0.2) is 7.28 Å².